The Hall–Kier alpha value is -4.97. The monoisotopic (exact) mass is 501 g/mol. The maximum atomic E-state index is 12.6. The van der Waals surface area contributed by atoms with E-state index >= 15 is 0 Å². The van der Waals surface area contributed by atoms with E-state index < -0.39 is 5.91 Å². The highest BCUT2D eigenvalue weighted by molar-refractivity contribution is 6.09. The van der Waals surface area contributed by atoms with Crippen LogP contribution in [0, 0.1) is 11.3 Å². The largest absolute Gasteiger partial charge is 0.497 e. The molecule has 190 valence electrons. The predicted octanol–water partition coefficient (Wildman–Crippen LogP) is 4.67. The molecular formula is C28H27N3O6. The van der Waals surface area contributed by atoms with Crippen LogP contribution in [0.2, 0.25) is 0 Å². The van der Waals surface area contributed by atoms with Gasteiger partial charge in [-0.2, -0.15) is 5.26 Å². The molecule has 2 N–H and O–H groups in total. The van der Waals surface area contributed by atoms with Crippen LogP contribution in [0.4, 0.5) is 11.4 Å². The summed E-state index contributed by atoms with van der Waals surface area (Å²) in [5, 5.41) is 15.0. The molecule has 3 rings (SSSR count). The highest BCUT2D eigenvalue weighted by Gasteiger charge is 2.13. The van der Waals surface area contributed by atoms with E-state index in [9.17, 15) is 14.9 Å². The summed E-state index contributed by atoms with van der Waals surface area (Å²) in [6, 6.07) is 20.6. The van der Waals surface area contributed by atoms with E-state index in [1.54, 1.807) is 73.8 Å². The number of hydrogen-bond donors (Lipinski definition) is 2. The van der Waals surface area contributed by atoms with Gasteiger partial charge in [0.15, 0.2) is 18.1 Å². The first-order chi connectivity index (χ1) is 18.0. The lowest BCUT2D eigenvalue weighted by Gasteiger charge is -2.14. The molecule has 3 aromatic carbocycles. The summed E-state index contributed by atoms with van der Waals surface area (Å²) in [6.07, 6.45) is 1.44. The van der Waals surface area contributed by atoms with Gasteiger partial charge in [-0.05, 0) is 67.1 Å². The molecule has 0 heterocycles. The highest BCUT2D eigenvalue weighted by Crippen LogP contribution is 2.30. The quantitative estimate of drug-likeness (QED) is 0.290. The number of benzene rings is 3. The third-order valence-electron chi connectivity index (χ3n) is 5.03. The normalized spacial score (nSPS) is 10.6. The number of ether oxygens (including phenoxy) is 4. The molecule has 0 bridgehead atoms. The van der Waals surface area contributed by atoms with E-state index in [1.807, 2.05) is 13.0 Å². The van der Waals surface area contributed by atoms with Gasteiger partial charge in [-0.25, -0.2) is 0 Å². The fourth-order valence-corrected chi connectivity index (χ4v) is 3.27. The molecular weight excluding hydrogens is 474 g/mol. The van der Waals surface area contributed by atoms with Crippen LogP contribution >= 0.6 is 0 Å². The average Bonchev–Trinajstić information content (AvgIpc) is 2.92. The number of carbonyl (C=O) groups is 2. The van der Waals surface area contributed by atoms with Gasteiger partial charge >= 0.3 is 0 Å². The Morgan fingerprint density at radius 3 is 2.32 bits per heavy atom. The van der Waals surface area contributed by atoms with Crippen LogP contribution in [-0.2, 0) is 9.59 Å². The summed E-state index contributed by atoms with van der Waals surface area (Å²) in [5.74, 6) is 0.963. The summed E-state index contributed by atoms with van der Waals surface area (Å²) < 4.78 is 21.7. The zero-order chi connectivity index (χ0) is 26.6. The number of amides is 2. The predicted molar refractivity (Wildman–Crippen MR) is 140 cm³/mol. The Kier molecular flexibility index (Phi) is 9.51. The van der Waals surface area contributed by atoms with Crippen molar-refractivity contribution in [1.82, 2.24) is 0 Å². The summed E-state index contributed by atoms with van der Waals surface area (Å²) in [6.45, 7) is 1.89. The van der Waals surface area contributed by atoms with Crippen molar-refractivity contribution in [2.45, 2.75) is 6.92 Å². The van der Waals surface area contributed by atoms with Crippen molar-refractivity contribution in [3.05, 3.63) is 77.9 Å². The van der Waals surface area contributed by atoms with Crippen molar-refractivity contribution in [2.24, 2.45) is 0 Å². The van der Waals surface area contributed by atoms with Gasteiger partial charge in [0.25, 0.3) is 11.8 Å². The van der Waals surface area contributed by atoms with E-state index in [4.69, 9.17) is 18.9 Å². The van der Waals surface area contributed by atoms with E-state index in [0.717, 1.165) is 0 Å². The molecule has 2 amide bonds. The summed E-state index contributed by atoms with van der Waals surface area (Å²) in [5.41, 5.74) is 1.51. The summed E-state index contributed by atoms with van der Waals surface area (Å²) in [7, 11) is 3.07. The van der Waals surface area contributed by atoms with E-state index in [1.165, 1.54) is 13.2 Å². The number of nitrogens with one attached hydrogen (secondary N) is 2. The number of hydrogen-bond acceptors (Lipinski definition) is 7. The standard InChI is InChI=1S/C28H27N3O6/c1-4-36-26-16-19(15-20(17-29)28(33)30-21-10-12-22(34-2)13-11-21)9-14-25(26)37-18-27(32)31-23-7-5-6-8-24(23)35-3/h5-16H,4,18H2,1-3H3,(H,30,33)(H,31,32)/b20-15-. The fraction of sp³-hybridized carbons (Fsp3) is 0.179. The maximum Gasteiger partial charge on any atom is 0.266 e. The summed E-state index contributed by atoms with van der Waals surface area (Å²) >= 11 is 0. The minimum absolute atomic E-state index is 0.0943. The maximum absolute atomic E-state index is 12.6. The van der Waals surface area contributed by atoms with Crippen molar-refractivity contribution in [2.75, 3.05) is 38.1 Å². The van der Waals surface area contributed by atoms with Gasteiger partial charge in [-0.3, -0.25) is 9.59 Å². The zero-order valence-electron chi connectivity index (χ0n) is 20.7. The highest BCUT2D eigenvalue weighted by atomic mass is 16.5. The van der Waals surface area contributed by atoms with Gasteiger partial charge in [0.1, 0.15) is 23.1 Å². The number of anilines is 2. The van der Waals surface area contributed by atoms with Crippen LogP contribution < -0.4 is 29.6 Å². The molecule has 0 unspecified atom stereocenters. The lowest BCUT2D eigenvalue weighted by atomic mass is 10.1. The van der Waals surface area contributed by atoms with E-state index in [0.29, 0.717) is 46.5 Å². The van der Waals surface area contributed by atoms with Gasteiger partial charge in [0.05, 0.1) is 26.5 Å². The zero-order valence-corrected chi connectivity index (χ0v) is 20.7. The molecule has 0 saturated carbocycles. The van der Waals surface area contributed by atoms with Crippen LogP contribution in [-0.4, -0.2) is 39.2 Å². The van der Waals surface area contributed by atoms with Crippen molar-refractivity contribution in [1.29, 1.82) is 5.26 Å². The smallest absolute Gasteiger partial charge is 0.266 e. The lowest BCUT2D eigenvalue weighted by Crippen LogP contribution is -2.20. The fourth-order valence-electron chi connectivity index (χ4n) is 3.27. The van der Waals surface area contributed by atoms with Crippen molar-refractivity contribution >= 4 is 29.3 Å². The lowest BCUT2D eigenvalue weighted by molar-refractivity contribution is -0.118. The van der Waals surface area contributed by atoms with Crippen LogP contribution in [0.25, 0.3) is 6.08 Å². The molecule has 0 aromatic heterocycles. The number of para-hydroxylation sites is 2. The molecule has 0 saturated heterocycles. The van der Waals surface area contributed by atoms with Gasteiger partial charge < -0.3 is 29.6 Å². The van der Waals surface area contributed by atoms with E-state index in [2.05, 4.69) is 10.6 Å². The number of nitrogens with zero attached hydrogens (tertiary/aromatic N) is 1. The molecule has 0 radical (unpaired) electrons. The van der Waals surface area contributed by atoms with Crippen LogP contribution in [0.3, 0.4) is 0 Å². The Labute approximate surface area is 215 Å². The number of nitriles is 1. The third-order valence-corrected chi connectivity index (χ3v) is 5.03. The second-order valence-electron chi connectivity index (χ2n) is 7.53. The molecule has 0 fully saturated rings. The molecule has 3 aromatic rings. The number of rotatable bonds is 11. The van der Waals surface area contributed by atoms with Crippen LogP contribution in [0.1, 0.15) is 12.5 Å². The van der Waals surface area contributed by atoms with Crippen molar-refractivity contribution < 1.29 is 28.5 Å². The van der Waals surface area contributed by atoms with Crippen LogP contribution in [0.5, 0.6) is 23.0 Å². The first-order valence-electron chi connectivity index (χ1n) is 11.4. The molecule has 37 heavy (non-hydrogen) atoms. The molecule has 9 nitrogen and oxygen atoms in total. The van der Waals surface area contributed by atoms with Gasteiger partial charge in [-0.1, -0.05) is 18.2 Å². The van der Waals surface area contributed by atoms with E-state index in [-0.39, 0.29) is 18.1 Å². The average molecular weight is 502 g/mol. The summed E-state index contributed by atoms with van der Waals surface area (Å²) in [4.78, 5) is 25.0. The van der Waals surface area contributed by atoms with Gasteiger partial charge in [0, 0.05) is 5.69 Å². The first kappa shape index (κ1) is 26.6. The number of carbonyl (C=O) groups excluding carboxylic acids is 2. The molecule has 0 aliphatic carbocycles. The molecule has 0 spiro atoms. The molecule has 9 heteroatoms. The van der Waals surface area contributed by atoms with Gasteiger partial charge in [0.2, 0.25) is 0 Å². The Bertz CT molecular complexity index is 1310. The SMILES string of the molecule is CCOc1cc(/C=C(/C#N)C(=O)Nc2ccc(OC)cc2)ccc1OCC(=O)Nc1ccccc1OC. The van der Waals surface area contributed by atoms with Crippen molar-refractivity contribution in [3.8, 4) is 29.1 Å². The Balaban J connectivity index is 1.70. The molecule has 0 aliphatic rings. The molecule has 0 aliphatic heterocycles. The Morgan fingerprint density at radius 1 is 0.892 bits per heavy atom. The number of methoxy groups -OCH3 is 2. The van der Waals surface area contributed by atoms with Crippen LogP contribution in [0.15, 0.2) is 72.3 Å². The second kappa shape index (κ2) is 13.2. The minimum Gasteiger partial charge on any atom is -0.497 e. The minimum atomic E-state index is -0.557. The van der Waals surface area contributed by atoms with Crippen molar-refractivity contribution in [3.63, 3.8) is 0 Å². The first-order valence-corrected chi connectivity index (χ1v) is 11.4. The second-order valence-corrected chi connectivity index (χ2v) is 7.53. The third kappa shape index (κ3) is 7.50. The Morgan fingerprint density at radius 2 is 1.65 bits per heavy atom. The van der Waals surface area contributed by atoms with Gasteiger partial charge in [-0.15, -0.1) is 0 Å². The topological polar surface area (TPSA) is 119 Å². The molecule has 0 atom stereocenters.